The number of hydrogen-bond acceptors (Lipinski definition) is 2. The average Bonchev–Trinajstić information content (AvgIpc) is 2.97. The summed E-state index contributed by atoms with van der Waals surface area (Å²) in [6.07, 6.45) is 8.74. The molecule has 5 nitrogen and oxygen atoms in total. The number of allylic oxidation sites excluding steroid dienone is 1. The number of para-hydroxylation sites is 2. The predicted molar refractivity (Wildman–Crippen MR) is 105 cm³/mol. The molecule has 0 unspecified atom stereocenters. The Morgan fingerprint density at radius 3 is 2.84 bits per heavy atom. The Hall–Kier alpha value is -2.30. The number of benzene rings is 1. The predicted octanol–water partition coefficient (Wildman–Crippen LogP) is 3.40. The summed E-state index contributed by atoms with van der Waals surface area (Å²) in [5, 5.41) is 6.83. The third-order valence-electron chi connectivity index (χ3n) is 4.82. The van der Waals surface area contributed by atoms with Crippen LogP contribution in [0.2, 0.25) is 0 Å². The molecule has 1 heterocycles. The van der Waals surface area contributed by atoms with Crippen LogP contribution in [-0.2, 0) is 6.54 Å². The van der Waals surface area contributed by atoms with Gasteiger partial charge in [-0.25, -0.2) is 4.98 Å². The maximum Gasteiger partial charge on any atom is 0.191 e. The van der Waals surface area contributed by atoms with E-state index in [4.69, 9.17) is 0 Å². The first-order chi connectivity index (χ1) is 12.3. The van der Waals surface area contributed by atoms with E-state index in [1.165, 1.54) is 31.2 Å². The molecule has 0 spiro atoms. The Bertz CT molecular complexity index is 757. The van der Waals surface area contributed by atoms with Gasteiger partial charge in [-0.2, -0.15) is 0 Å². The van der Waals surface area contributed by atoms with Crippen LogP contribution in [0.4, 0.5) is 0 Å². The van der Waals surface area contributed by atoms with Gasteiger partial charge in [0.1, 0.15) is 5.82 Å². The van der Waals surface area contributed by atoms with Crippen molar-refractivity contribution < 1.29 is 0 Å². The third-order valence-corrected chi connectivity index (χ3v) is 4.82. The summed E-state index contributed by atoms with van der Waals surface area (Å²) in [7, 11) is 1.83. The molecule has 0 amide bonds. The molecule has 2 aromatic rings. The number of imidazole rings is 1. The summed E-state index contributed by atoms with van der Waals surface area (Å²) in [6.45, 7) is 4.70. The molecule has 134 valence electrons. The SMILES string of the molecule is CN=C(NCCC1=CCCCC1)NCCn1c(C)nc2ccccc21. The van der Waals surface area contributed by atoms with E-state index in [2.05, 4.69) is 56.4 Å². The highest BCUT2D eigenvalue weighted by Gasteiger charge is 2.07. The van der Waals surface area contributed by atoms with Crippen molar-refractivity contribution in [1.82, 2.24) is 20.2 Å². The maximum atomic E-state index is 4.62. The molecule has 3 rings (SSSR count). The first-order valence-corrected chi connectivity index (χ1v) is 9.32. The van der Waals surface area contributed by atoms with Crippen LogP contribution in [0.1, 0.15) is 37.9 Å². The van der Waals surface area contributed by atoms with E-state index >= 15 is 0 Å². The van der Waals surface area contributed by atoms with Gasteiger partial charge in [-0.05, 0) is 51.2 Å². The minimum absolute atomic E-state index is 0.823. The molecule has 0 aliphatic heterocycles. The van der Waals surface area contributed by atoms with E-state index in [0.29, 0.717) is 0 Å². The lowest BCUT2D eigenvalue weighted by Gasteiger charge is -2.15. The third kappa shape index (κ3) is 4.62. The molecule has 0 saturated heterocycles. The van der Waals surface area contributed by atoms with Crippen LogP contribution in [0, 0.1) is 6.92 Å². The van der Waals surface area contributed by atoms with Crippen molar-refractivity contribution in [2.24, 2.45) is 4.99 Å². The first kappa shape index (κ1) is 17.5. The van der Waals surface area contributed by atoms with Crippen LogP contribution in [0.25, 0.3) is 11.0 Å². The Labute approximate surface area is 150 Å². The average molecular weight is 339 g/mol. The Morgan fingerprint density at radius 2 is 2.04 bits per heavy atom. The van der Waals surface area contributed by atoms with Crippen LogP contribution in [0.3, 0.4) is 0 Å². The van der Waals surface area contributed by atoms with Crippen LogP contribution in [0.15, 0.2) is 40.9 Å². The van der Waals surface area contributed by atoms with Crippen molar-refractivity contribution in [3.63, 3.8) is 0 Å². The number of nitrogens with one attached hydrogen (secondary N) is 2. The molecule has 1 aromatic heterocycles. The van der Waals surface area contributed by atoms with E-state index < -0.39 is 0 Å². The van der Waals surface area contributed by atoms with Crippen molar-refractivity contribution in [2.75, 3.05) is 20.1 Å². The minimum Gasteiger partial charge on any atom is -0.356 e. The zero-order chi connectivity index (χ0) is 17.5. The minimum atomic E-state index is 0.823. The summed E-state index contributed by atoms with van der Waals surface area (Å²) in [5.41, 5.74) is 3.84. The fourth-order valence-corrected chi connectivity index (χ4v) is 3.46. The van der Waals surface area contributed by atoms with E-state index in [1.807, 2.05) is 13.1 Å². The number of rotatable bonds is 6. The zero-order valence-electron chi connectivity index (χ0n) is 15.4. The van der Waals surface area contributed by atoms with Gasteiger partial charge in [0.15, 0.2) is 5.96 Å². The van der Waals surface area contributed by atoms with Gasteiger partial charge in [0.2, 0.25) is 0 Å². The molecule has 1 aliphatic rings. The second kappa shape index (κ2) is 8.70. The van der Waals surface area contributed by atoms with Crippen molar-refractivity contribution in [1.29, 1.82) is 0 Å². The highest BCUT2D eigenvalue weighted by Crippen LogP contribution is 2.19. The molecule has 1 aromatic carbocycles. The second-order valence-corrected chi connectivity index (χ2v) is 6.58. The standard InChI is InChI=1S/C20H29N5/c1-16-24-18-10-6-7-11-19(18)25(16)15-14-23-20(21-2)22-13-12-17-8-4-3-5-9-17/h6-8,10-11H,3-5,9,12-15H2,1-2H3,(H2,21,22,23). The number of nitrogens with zero attached hydrogens (tertiary/aromatic N) is 3. The number of aromatic nitrogens is 2. The summed E-state index contributed by atoms with van der Waals surface area (Å²) in [5.74, 6) is 1.92. The van der Waals surface area contributed by atoms with Gasteiger partial charge >= 0.3 is 0 Å². The van der Waals surface area contributed by atoms with Crippen molar-refractivity contribution in [3.8, 4) is 0 Å². The lowest BCUT2D eigenvalue weighted by Crippen LogP contribution is -2.39. The normalized spacial score (nSPS) is 15.3. The highest BCUT2D eigenvalue weighted by molar-refractivity contribution is 5.79. The zero-order valence-corrected chi connectivity index (χ0v) is 15.4. The molecule has 0 radical (unpaired) electrons. The van der Waals surface area contributed by atoms with E-state index in [9.17, 15) is 0 Å². The lowest BCUT2D eigenvalue weighted by atomic mass is 9.97. The molecular formula is C20H29N5. The number of guanidine groups is 1. The summed E-state index contributed by atoms with van der Waals surface area (Å²) in [4.78, 5) is 8.94. The quantitative estimate of drug-likeness (QED) is 0.482. The second-order valence-electron chi connectivity index (χ2n) is 6.58. The fraction of sp³-hybridized carbons (Fsp3) is 0.500. The Morgan fingerprint density at radius 1 is 1.20 bits per heavy atom. The molecule has 0 fully saturated rings. The molecule has 5 heteroatoms. The lowest BCUT2D eigenvalue weighted by molar-refractivity contribution is 0.649. The van der Waals surface area contributed by atoms with Gasteiger partial charge in [0.25, 0.3) is 0 Å². The van der Waals surface area contributed by atoms with E-state index in [1.54, 1.807) is 5.57 Å². The number of fused-ring (bicyclic) bond motifs is 1. The number of aryl methyl sites for hydroxylation is 1. The van der Waals surface area contributed by atoms with Crippen LogP contribution in [0.5, 0.6) is 0 Å². The Balaban J connectivity index is 1.46. The Kier molecular flexibility index (Phi) is 6.09. The molecular weight excluding hydrogens is 310 g/mol. The van der Waals surface area contributed by atoms with E-state index in [-0.39, 0.29) is 0 Å². The molecule has 0 saturated carbocycles. The number of aliphatic imine (C=N–C) groups is 1. The maximum absolute atomic E-state index is 4.62. The van der Waals surface area contributed by atoms with Crippen molar-refractivity contribution in [3.05, 3.63) is 41.7 Å². The van der Waals surface area contributed by atoms with Crippen molar-refractivity contribution >= 4 is 17.0 Å². The van der Waals surface area contributed by atoms with Crippen LogP contribution in [-0.4, -0.2) is 35.6 Å². The monoisotopic (exact) mass is 339 g/mol. The van der Waals surface area contributed by atoms with Gasteiger partial charge in [-0.3, -0.25) is 4.99 Å². The summed E-state index contributed by atoms with van der Waals surface area (Å²) in [6, 6.07) is 8.28. The molecule has 1 aliphatic carbocycles. The van der Waals surface area contributed by atoms with Crippen LogP contribution < -0.4 is 10.6 Å². The van der Waals surface area contributed by atoms with Gasteiger partial charge in [0.05, 0.1) is 11.0 Å². The molecule has 25 heavy (non-hydrogen) atoms. The first-order valence-electron chi connectivity index (χ1n) is 9.32. The largest absolute Gasteiger partial charge is 0.356 e. The van der Waals surface area contributed by atoms with Gasteiger partial charge in [-0.15, -0.1) is 0 Å². The number of hydrogen-bond donors (Lipinski definition) is 2. The molecule has 0 atom stereocenters. The van der Waals surface area contributed by atoms with Gasteiger partial charge < -0.3 is 15.2 Å². The smallest absolute Gasteiger partial charge is 0.191 e. The highest BCUT2D eigenvalue weighted by atomic mass is 15.2. The van der Waals surface area contributed by atoms with Crippen molar-refractivity contribution in [2.45, 2.75) is 45.6 Å². The summed E-state index contributed by atoms with van der Waals surface area (Å²) < 4.78 is 2.25. The topological polar surface area (TPSA) is 54.2 Å². The van der Waals surface area contributed by atoms with Gasteiger partial charge in [-0.1, -0.05) is 23.8 Å². The molecule has 0 bridgehead atoms. The molecule has 2 N–H and O–H groups in total. The van der Waals surface area contributed by atoms with Crippen LogP contribution >= 0.6 is 0 Å². The van der Waals surface area contributed by atoms with E-state index in [0.717, 1.165) is 43.4 Å². The summed E-state index contributed by atoms with van der Waals surface area (Å²) >= 11 is 0. The fourth-order valence-electron chi connectivity index (χ4n) is 3.46. The van der Waals surface area contributed by atoms with Gasteiger partial charge in [0, 0.05) is 26.7 Å².